The van der Waals surface area contributed by atoms with E-state index in [4.69, 9.17) is 4.74 Å². The van der Waals surface area contributed by atoms with E-state index in [2.05, 4.69) is 10.0 Å². The summed E-state index contributed by atoms with van der Waals surface area (Å²) in [7, 11) is -1.66. The molecule has 0 radical (unpaired) electrons. The number of hydrogen-bond donors (Lipinski definition) is 2. The Labute approximate surface area is 128 Å². The minimum atomic E-state index is -3.48. The van der Waals surface area contributed by atoms with Crippen molar-refractivity contribution in [1.29, 1.82) is 0 Å². The molecule has 0 aliphatic heterocycles. The Morgan fingerprint density at radius 1 is 1.29 bits per heavy atom. The third-order valence-corrected chi connectivity index (χ3v) is 4.73. The molecule has 1 aromatic rings. The van der Waals surface area contributed by atoms with Crippen LogP contribution in [0.4, 0.5) is 0 Å². The van der Waals surface area contributed by atoms with Gasteiger partial charge in [-0.05, 0) is 45.0 Å². The molecule has 0 saturated heterocycles. The molecular weight excluding hydrogens is 288 g/mol. The van der Waals surface area contributed by atoms with E-state index < -0.39 is 10.0 Å². The van der Waals surface area contributed by atoms with E-state index in [1.807, 2.05) is 27.8 Å². The topological polar surface area (TPSA) is 67.4 Å². The molecule has 0 fully saturated rings. The summed E-state index contributed by atoms with van der Waals surface area (Å²) in [5.74, 6) is 0.730. The molecule has 0 aromatic heterocycles. The second-order valence-electron chi connectivity index (χ2n) is 5.08. The average molecular weight is 314 g/mol. The van der Waals surface area contributed by atoms with Crippen LogP contribution in [0.1, 0.15) is 39.2 Å². The molecule has 120 valence electrons. The number of ether oxygens (including phenoxy) is 1. The molecule has 0 heterocycles. The van der Waals surface area contributed by atoms with Gasteiger partial charge in [0.2, 0.25) is 10.0 Å². The third-order valence-electron chi connectivity index (χ3n) is 3.14. The Hall–Kier alpha value is -1.11. The minimum absolute atomic E-state index is 0.0845. The summed E-state index contributed by atoms with van der Waals surface area (Å²) in [4.78, 5) is 0.275. The van der Waals surface area contributed by atoms with Gasteiger partial charge in [-0.2, -0.15) is 0 Å². The van der Waals surface area contributed by atoms with E-state index in [0.717, 1.165) is 24.2 Å². The fraction of sp³-hybridized carbons (Fsp3) is 0.600. The van der Waals surface area contributed by atoms with Crippen molar-refractivity contribution < 1.29 is 13.2 Å². The van der Waals surface area contributed by atoms with E-state index in [1.165, 1.54) is 0 Å². The molecule has 0 aliphatic carbocycles. The first-order valence-electron chi connectivity index (χ1n) is 7.37. The Balaban J connectivity index is 3.06. The van der Waals surface area contributed by atoms with Crippen LogP contribution in [0, 0.1) is 0 Å². The van der Waals surface area contributed by atoms with Crippen LogP contribution >= 0.6 is 0 Å². The normalized spacial score (nSPS) is 13.1. The lowest BCUT2D eigenvalue weighted by Crippen LogP contribution is -2.32. The van der Waals surface area contributed by atoms with Crippen LogP contribution in [-0.2, 0) is 16.6 Å². The molecule has 2 N–H and O–H groups in total. The molecular formula is C15H26N2O3S. The molecule has 1 atom stereocenters. The lowest BCUT2D eigenvalue weighted by molar-refractivity contribution is 0.313. The first-order chi connectivity index (χ1) is 9.94. The molecule has 0 spiro atoms. The van der Waals surface area contributed by atoms with Gasteiger partial charge < -0.3 is 10.1 Å². The molecule has 5 nitrogen and oxygen atoms in total. The van der Waals surface area contributed by atoms with Crippen molar-refractivity contribution in [3.05, 3.63) is 23.8 Å². The molecule has 1 rings (SSSR count). The lowest BCUT2D eigenvalue weighted by atomic mass is 10.2. The van der Waals surface area contributed by atoms with Crippen LogP contribution in [0.25, 0.3) is 0 Å². The van der Waals surface area contributed by atoms with Crippen molar-refractivity contribution in [2.45, 2.75) is 51.1 Å². The summed E-state index contributed by atoms with van der Waals surface area (Å²) >= 11 is 0. The van der Waals surface area contributed by atoms with Gasteiger partial charge in [0.1, 0.15) is 5.75 Å². The number of rotatable bonds is 9. The molecule has 1 aromatic carbocycles. The van der Waals surface area contributed by atoms with Crippen molar-refractivity contribution in [1.82, 2.24) is 10.0 Å². The van der Waals surface area contributed by atoms with E-state index in [0.29, 0.717) is 13.2 Å². The van der Waals surface area contributed by atoms with E-state index in [1.54, 1.807) is 18.2 Å². The van der Waals surface area contributed by atoms with E-state index in [9.17, 15) is 8.42 Å². The van der Waals surface area contributed by atoms with Crippen LogP contribution in [0.5, 0.6) is 5.75 Å². The first-order valence-corrected chi connectivity index (χ1v) is 8.85. The lowest BCUT2D eigenvalue weighted by Gasteiger charge is -2.15. The number of benzene rings is 1. The van der Waals surface area contributed by atoms with Gasteiger partial charge in [0.25, 0.3) is 0 Å². The van der Waals surface area contributed by atoms with Crippen molar-refractivity contribution in [2.24, 2.45) is 0 Å². The van der Waals surface area contributed by atoms with Crippen LogP contribution in [0.2, 0.25) is 0 Å². The van der Waals surface area contributed by atoms with E-state index in [-0.39, 0.29) is 10.9 Å². The van der Waals surface area contributed by atoms with Crippen molar-refractivity contribution in [2.75, 3.05) is 13.7 Å². The predicted octanol–water partition coefficient (Wildman–Crippen LogP) is 2.27. The van der Waals surface area contributed by atoms with Gasteiger partial charge in [0, 0.05) is 18.2 Å². The predicted molar refractivity (Wildman–Crippen MR) is 85.1 cm³/mol. The molecule has 0 amide bonds. The average Bonchev–Trinajstić information content (AvgIpc) is 2.45. The van der Waals surface area contributed by atoms with Gasteiger partial charge in [0.05, 0.1) is 11.5 Å². The second-order valence-corrected chi connectivity index (χ2v) is 6.79. The first kappa shape index (κ1) is 17.9. The SMILES string of the molecule is CCCOc1ccc(S(=O)(=O)NC(C)CC)cc1CNC. The summed E-state index contributed by atoms with van der Waals surface area (Å²) in [6.07, 6.45) is 1.66. The van der Waals surface area contributed by atoms with Gasteiger partial charge in [-0.3, -0.25) is 0 Å². The molecule has 0 aliphatic rings. The van der Waals surface area contributed by atoms with Gasteiger partial charge in [-0.25, -0.2) is 13.1 Å². The maximum absolute atomic E-state index is 12.3. The van der Waals surface area contributed by atoms with Crippen LogP contribution in [-0.4, -0.2) is 28.1 Å². The van der Waals surface area contributed by atoms with Crippen molar-refractivity contribution in [3.8, 4) is 5.75 Å². The Morgan fingerprint density at radius 2 is 2.00 bits per heavy atom. The number of sulfonamides is 1. The van der Waals surface area contributed by atoms with Crippen LogP contribution in [0.15, 0.2) is 23.1 Å². The molecule has 0 bridgehead atoms. The number of hydrogen-bond acceptors (Lipinski definition) is 4. The van der Waals surface area contributed by atoms with Gasteiger partial charge in [0.15, 0.2) is 0 Å². The summed E-state index contributed by atoms with van der Waals surface area (Å²) in [5, 5.41) is 3.04. The highest BCUT2D eigenvalue weighted by Gasteiger charge is 2.18. The fourth-order valence-electron chi connectivity index (χ4n) is 1.82. The van der Waals surface area contributed by atoms with Gasteiger partial charge >= 0.3 is 0 Å². The largest absolute Gasteiger partial charge is 0.493 e. The van der Waals surface area contributed by atoms with Crippen LogP contribution in [0.3, 0.4) is 0 Å². The second kappa shape index (κ2) is 8.36. The maximum Gasteiger partial charge on any atom is 0.240 e. The Kier molecular flexibility index (Phi) is 7.14. The zero-order valence-electron chi connectivity index (χ0n) is 13.3. The van der Waals surface area contributed by atoms with Crippen LogP contribution < -0.4 is 14.8 Å². The maximum atomic E-state index is 12.3. The molecule has 6 heteroatoms. The van der Waals surface area contributed by atoms with Gasteiger partial charge in [-0.15, -0.1) is 0 Å². The molecule has 1 unspecified atom stereocenters. The van der Waals surface area contributed by atoms with Crippen molar-refractivity contribution >= 4 is 10.0 Å². The highest BCUT2D eigenvalue weighted by atomic mass is 32.2. The summed E-state index contributed by atoms with van der Waals surface area (Å²) in [6.45, 7) is 7.01. The monoisotopic (exact) mass is 314 g/mol. The zero-order chi connectivity index (χ0) is 15.9. The van der Waals surface area contributed by atoms with Crippen molar-refractivity contribution in [3.63, 3.8) is 0 Å². The summed E-state index contributed by atoms with van der Waals surface area (Å²) < 4.78 is 32.9. The quantitative estimate of drug-likeness (QED) is 0.734. The standard InChI is InChI=1S/C15H26N2O3S/c1-5-9-20-15-8-7-14(10-13(15)11-16-4)21(18,19)17-12(3)6-2/h7-8,10,12,16-17H,5-6,9,11H2,1-4H3. The van der Waals surface area contributed by atoms with Gasteiger partial charge in [-0.1, -0.05) is 13.8 Å². The molecule has 0 saturated carbocycles. The highest BCUT2D eigenvalue weighted by Crippen LogP contribution is 2.23. The third kappa shape index (κ3) is 5.30. The summed E-state index contributed by atoms with van der Waals surface area (Å²) in [5.41, 5.74) is 0.845. The van der Waals surface area contributed by atoms with E-state index >= 15 is 0 Å². The highest BCUT2D eigenvalue weighted by molar-refractivity contribution is 7.89. The minimum Gasteiger partial charge on any atom is -0.493 e. The Bertz CT molecular complexity index is 544. The smallest absolute Gasteiger partial charge is 0.240 e. The fourth-order valence-corrected chi connectivity index (χ4v) is 3.20. The number of nitrogens with one attached hydrogen (secondary N) is 2. The Morgan fingerprint density at radius 3 is 2.57 bits per heavy atom. The zero-order valence-corrected chi connectivity index (χ0v) is 14.1. The molecule has 21 heavy (non-hydrogen) atoms. The summed E-state index contributed by atoms with van der Waals surface area (Å²) in [6, 6.07) is 4.91.